The molecule has 2 heterocycles. The Balaban J connectivity index is 2.07. The van der Waals surface area contributed by atoms with Crippen molar-refractivity contribution in [2.45, 2.75) is 13.0 Å². The standard InChI is InChI=1S/C14H13N3S/c1-9(15)13-8-17-14(18-13)11-4-5-12-10(7-11)3-2-6-16-12/h2-9H,15H2,1H3. The van der Waals surface area contributed by atoms with Crippen LogP contribution in [0.3, 0.4) is 0 Å². The van der Waals surface area contributed by atoms with Gasteiger partial charge < -0.3 is 5.73 Å². The van der Waals surface area contributed by atoms with Gasteiger partial charge in [0.1, 0.15) is 5.01 Å². The second-order valence-corrected chi connectivity index (χ2v) is 5.33. The van der Waals surface area contributed by atoms with Gasteiger partial charge in [0.05, 0.1) is 5.52 Å². The third kappa shape index (κ3) is 2.00. The van der Waals surface area contributed by atoms with Gasteiger partial charge in [-0.2, -0.15) is 0 Å². The van der Waals surface area contributed by atoms with Gasteiger partial charge in [-0.05, 0) is 31.2 Å². The topological polar surface area (TPSA) is 51.8 Å². The Morgan fingerprint density at radius 3 is 2.89 bits per heavy atom. The highest BCUT2D eigenvalue weighted by atomic mass is 32.1. The second-order valence-electron chi connectivity index (χ2n) is 4.27. The van der Waals surface area contributed by atoms with Crippen molar-refractivity contribution >= 4 is 22.2 Å². The summed E-state index contributed by atoms with van der Waals surface area (Å²) in [5, 5.41) is 2.14. The molecule has 90 valence electrons. The van der Waals surface area contributed by atoms with Crippen molar-refractivity contribution in [3.8, 4) is 10.6 Å². The number of hydrogen-bond acceptors (Lipinski definition) is 4. The van der Waals surface area contributed by atoms with Gasteiger partial charge in [-0.1, -0.05) is 6.07 Å². The van der Waals surface area contributed by atoms with Crippen molar-refractivity contribution in [2.75, 3.05) is 0 Å². The van der Waals surface area contributed by atoms with Crippen LogP contribution in [0.2, 0.25) is 0 Å². The molecule has 0 aliphatic rings. The zero-order chi connectivity index (χ0) is 12.5. The summed E-state index contributed by atoms with van der Waals surface area (Å²) < 4.78 is 0. The molecule has 1 unspecified atom stereocenters. The first-order valence-corrected chi connectivity index (χ1v) is 6.62. The molecular formula is C14H13N3S. The molecule has 0 spiro atoms. The lowest BCUT2D eigenvalue weighted by atomic mass is 10.1. The van der Waals surface area contributed by atoms with Crippen LogP contribution in [0.4, 0.5) is 0 Å². The maximum atomic E-state index is 5.86. The first kappa shape index (κ1) is 11.3. The van der Waals surface area contributed by atoms with Crippen molar-refractivity contribution in [1.82, 2.24) is 9.97 Å². The van der Waals surface area contributed by atoms with E-state index in [9.17, 15) is 0 Å². The van der Waals surface area contributed by atoms with Gasteiger partial charge >= 0.3 is 0 Å². The number of benzene rings is 1. The fourth-order valence-electron chi connectivity index (χ4n) is 1.84. The van der Waals surface area contributed by atoms with Gasteiger partial charge in [-0.15, -0.1) is 11.3 Å². The monoisotopic (exact) mass is 255 g/mol. The Labute approximate surface area is 109 Å². The van der Waals surface area contributed by atoms with Crippen LogP contribution in [0.25, 0.3) is 21.5 Å². The van der Waals surface area contributed by atoms with E-state index in [2.05, 4.69) is 28.2 Å². The number of pyridine rings is 1. The molecule has 3 nitrogen and oxygen atoms in total. The quantitative estimate of drug-likeness (QED) is 0.763. The summed E-state index contributed by atoms with van der Waals surface area (Å²) in [6.45, 7) is 1.97. The summed E-state index contributed by atoms with van der Waals surface area (Å²) in [6, 6.07) is 10.2. The summed E-state index contributed by atoms with van der Waals surface area (Å²) in [5.41, 5.74) is 7.98. The van der Waals surface area contributed by atoms with Gasteiger partial charge in [0, 0.05) is 34.3 Å². The SMILES string of the molecule is CC(N)c1cnc(-c2ccc3ncccc3c2)s1. The molecular weight excluding hydrogens is 242 g/mol. The van der Waals surface area contributed by atoms with Gasteiger partial charge in [0.2, 0.25) is 0 Å². The zero-order valence-corrected chi connectivity index (χ0v) is 10.8. The van der Waals surface area contributed by atoms with E-state index in [1.54, 1.807) is 17.5 Å². The third-order valence-corrected chi connectivity index (χ3v) is 4.07. The van der Waals surface area contributed by atoms with E-state index in [1.807, 2.05) is 25.3 Å². The molecule has 0 amide bonds. The van der Waals surface area contributed by atoms with Crippen LogP contribution < -0.4 is 5.73 Å². The maximum Gasteiger partial charge on any atom is 0.123 e. The van der Waals surface area contributed by atoms with Crippen molar-refractivity contribution in [2.24, 2.45) is 5.73 Å². The summed E-state index contributed by atoms with van der Waals surface area (Å²) >= 11 is 1.65. The van der Waals surface area contributed by atoms with Crippen LogP contribution in [-0.4, -0.2) is 9.97 Å². The first-order valence-electron chi connectivity index (χ1n) is 5.80. The summed E-state index contributed by atoms with van der Waals surface area (Å²) in [7, 11) is 0. The van der Waals surface area contributed by atoms with Crippen LogP contribution in [0.5, 0.6) is 0 Å². The average molecular weight is 255 g/mol. The molecule has 0 saturated carbocycles. The molecule has 0 aliphatic heterocycles. The van der Waals surface area contributed by atoms with E-state index >= 15 is 0 Å². The summed E-state index contributed by atoms with van der Waals surface area (Å²) in [5.74, 6) is 0. The minimum Gasteiger partial charge on any atom is -0.323 e. The molecule has 0 aliphatic carbocycles. The van der Waals surface area contributed by atoms with Crippen molar-refractivity contribution in [3.05, 3.63) is 47.6 Å². The molecule has 2 N–H and O–H groups in total. The predicted molar refractivity (Wildman–Crippen MR) is 75.5 cm³/mol. The predicted octanol–water partition coefficient (Wildman–Crippen LogP) is 3.38. The van der Waals surface area contributed by atoms with E-state index in [1.165, 1.54) is 0 Å². The molecule has 1 aromatic carbocycles. The summed E-state index contributed by atoms with van der Waals surface area (Å²) in [6.07, 6.45) is 3.66. The molecule has 3 rings (SSSR count). The van der Waals surface area contributed by atoms with Gasteiger partial charge in [-0.3, -0.25) is 4.98 Å². The maximum absolute atomic E-state index is 5.86. The van der Waals surface area contributed by atoms with Gasteiger partial charge in [-0.25, -0.2) is 4.98 Å². The van der Waals surface area contributed by atoms with Crippen molar-refractivity contribution in [3.63, 3.8) is 0 Å². The fourth-order valence-corrected chi connectivity index (χ4v) is 2.70. The molecule has 2 aromatic heterocycles. The molecule has 1 atom stereocenters. The molecule has 0 bridgehead atoms. The highest BCUT2D eigenvalue weighted by Gasteiger charge is 2.08. The van der Waals surface area contributed by atoms with Crippen LogP contribution in [0, 0.1) is 0 Å². The molecule has 0 radical (unpaired) electrons. The van der Waals surface area contributed by atoms with Crippen LogP contribution in [0.1, 0.15) is 17.8 Å². The van der Waals surface area contributed by atoms with Gasteiger partial charge in [0.15, 0.2) is 0 Å². The van der Waals surface area contributed by atoms with Crippen LogP contribution >= 0.6 is 11.3 Å². The molecule has 0 saturated heterocycles. The molecule has 4 heteroatoms. The number of fused-ring (bicyclic) bond motifs is 1. The normalized spacial score (nSPS) is 12.8. The van der Waals surface area contributed by atoms with Crippen molar-refractivity contribution < 1.29 is 0 Å². The molecule has 18 heavy (non-hydrogen) atoms. The number of hydrogen-bond donors (Lipinski definition) is 1. The smallest absolute Gasteiger partial charge is 0.123 e. The van der Waals surface area contributed by atoms with Crippen LogP contribution in [-0.2, 0) is 0 Å². The zero-order valence-electron chi connectivity index (χ0n) is 10.00. The number of nitrogens with two attached hydrogens (primary N) is 1. The Morgan fingerprint density at radius 2 is 2.11 bits per heavy atom. The van der Waals surface area contributed by atoms with E-state index < -0.39 is 0 Å². The minimum absolute atomic E-state index is 0.0402. The highest BCUT2D eigenvalue weighted by molar-refractivity contribution is 7.15. The number of aromatic nitrogens is 2. The average Bonchev–Trinajstić information content (AvgIpc) is 2.88. The number of thiazole rings is 1. The summed E-state index contributed by atoms with van der Waals surface area (Å²) in [4.78, 5) is 9.85. The number of rotatable bonds is 2. The fraction of sp³-hybridized carbons (Fsp3) is 0.143. The van der Waals surface area contributed by atoms with E-state index in [0.717, 1.165) is 26.4 Å². The van der Waals surface area contributed by atoms with Crippen molar-refractivity contribution in [1.29, 1.82) is 0 Å². The lowest BCUT2D eigenvalue weighted by molar-refractivity contribution is 0.835. The first-order chi connectivity index (χ1) is 8.74. The lowest BCUT2D eigenvalue weighted by Gasteiger charge is -2.00. The Bertz CT molecular complexity index is 688. The Morgan fingerprint density at radius 1 is 1.22 bits per heavy atom. The lowest BCUT2D eigenvalue weighted by Crippen LogP contribution is -2.01. The number of nitrogens with zero attached hydrogens (tertiary/aromatic N) is 2. The largest absolute Gasteiger partial charge is 0.323 e. The van der Waals surface area contributed by atoms with Gasteiger partial charge in [0.25, 0.3) is 0 Å². The second kappa shape index (κ2) is 4.48. The Kier molecular flexibility index (Phi) is 2.81. The molecule has 0 fully saturated rings. The third-order valence-electron chi connectivity index (χ3n) is 2.82. The molecule has 3 aromatic rings. The van der Waals surface area contributed by atoms with E-state index in [-0.39, 0.29) is 6.04 Å². The minimum atomic E-state index is 0.0402. The Hall–Kier alpha value is -1.78. The van der Waals surface area contributed by atoms with Crippen LogP contribution in [0.15, 0.2) is 42.7 Å². The van der Waals surface area contributed by atoms with E-state index in [4.69, 9.17) is 5.73 Å². The van der Waals surface area contributed by atoms with E-state index in [0.29, 0.717) is 0 Å². The highest BCUT2D eigenvalue weighted by Crippen LogP contribution is 2.29.